The summed E-state index contributed by atoms with van der Waals surface area (Å²) < 4.78 is 10.5. The number of carboxylic acids is 1. The van der Waals surface area contributed by atoms with Gasteiger partial charge in [-0.1, -0.05) is 54.1 Å². The summed E-state index contributed by atoms with van der Waals surface area (Å²) in [6.07, 6.45) is -4.16. The second-order valence-electron chi connectivity index (χ2n) is 8.79. The first kappa shape index (κ1) is 28.4. The van der Waals surface area contributed by atoms with Gasteiger partial charge in [0.25, 0.3) is 5.91 Å². The molecule has 4 rings (SSSR count). The molecular weight excluding hydrogens is 526 g/mol. The number of rotatable bonds is 10. The largest absolute Gasteiger partial charge is 0.478 e. The number of aliphatic carboxylic acids is 1. The highest BCUT2D eigenvalue weighted by molar-refractivity contribution is 6.01. The van der Waals surface area contributed by atoms with Crippen LogP contribution in [0.25, 0.3) is 0 Å². The van der Waals surface area contributed by atoms with Gasteiger partial charge in [-0.15, -0.1) is 0 Å². The number of carbonyl (C=O) groups is 4. The Hall–Kier alpha value is -5.64. The van der Waals surface area contributed by atoms with E-state index in [1.807, 2.05) is 31.2 Å². The molecule has 0 aromatic heterocycles. The average molecular weight is 552 g/mol. The van der Waals surface area contributed by atoms with Gasteiger partial charge in [-0.2, -0.15) is 10.2 Å². The average Bonchev–Trinajstić information content (AvgIpc) is 2.99. The lowest BCUT2D eigenvalue weighted by molar-refractivity contribution is -0.157. The van der Waals surface area contributed by atoms with Gasteiger partial charge in [-0.05, 0) is 67.6 Å². The number of carboxylic acid groups (broad SMARTS) is 1. The number of amides is 1. The minimum absolute atomic E-state index is 0.0580. The Kier molecular flexibility index (Phi) is 9.29. The first-order valence-corrected chi connectivity index (χ1v) is 12.4. The number of nitrogens with zero attached hydrogens (tertiary/aromatic N) is 2. The van der Waals surface area contributed by atoms with Gasteiger partial charge in [0, 0.05) is 5.69 Å². The summed E-state index contributed by atoms with van der Waals surface area (Å²) >= 11 is 0. The van der Waals surface area contributed by atoms with E-state index in [0.717, 1.165) is 5.56 Å². The van der Waals surface area contributed by atoms with Gasteiger partial charge in [-0.3, -0.25) is 4.79 Å². The van der Waals surface area contributed by atoms with Crippen LogP contribution in [0.3, 0.4) is 0 Å². The molecule has 10 nitrogen and oxygen atoms in total. The molecule has 0 saturated carbocycles. The van der Waals surface area contributed by atoms with Gasteiger partial charge < -0.3 is 19.9 Å². The smallest absolute Gasteiger partial charge is 0.349 e. The number of carbonyl (C=O) groups excluding carboxylic acids is 3. The molecule has 0 unspecified atom stereocenters. The molecule has 2 atom stereocenters. The molecule has 1 amide bonds. The molecule has 0 heterocycles. The highest BCUT2D eigenvalue weighted by atomic mass is 16.6. The third kappa shape index (κ3) is 7.93. The Morgan fingerprint density at radius 3 is 1.54 bits per heavy atom. The second-order valence-corrected chi connectivity index (χ2v) is 8.79. The summed E-state index contributed by atoms with van der Waals surface area (Å²) in [4.78, 5) is 50.9. The number of hydrogen-bond acceptors (Lipinski definition) is 8. The quantitative estimate of drug-likeness (QED) is 0.185. The van der Waals surface area contributed by atoms with Crippen LogP contribution in [0.1, 0.15) is 26.3 Å². The monoisotopic (exact) mass is 551 g/mol. The molecule has 0 aliphatic heterocycles. The molecule has 0 radical (unpaired) electrons. The molecule has 2 N–H and O–H groups in total. The van der Waals surface area contributed by atoms with Crippen molar-refractivity contribution >= 4 is 40.9 Å². The fourth-order valence-corrected chi connectivity index (χ4v) is 3.56. The van der Waals surface area contributed by atoms with E-state index >= 15 is 0 Å². The normalized spacial score (nSPS) is 12.2. The Labute approximate surface area is 235 Å². The number of ether oxygens (including phenoxy) is 2. The van der Waals surface area contributed by atoms with Crippen molar-refractivity contribution in [3.05, 3.63) is 126 Å². The second kappa shape index (κ2) is 13.4. The predicted octanol–water partition coefficient (Wildman–Crippen LogP) is 5.88. The van der Waals surface area contributed by atoms with E-state index in [0.29, 0.717) is 11.4 Å². The van der Waals surface area contributed by atoms with Crippen LogP contribution in [0.2, 0.25) is 0 Å². The van der Waals surface area contributed by atoms with Crippen molar-refractivity contribution in [3.63, 3.8) is 0 Å². The Bertz CT molecular complexity index is 1540. The molecule has 0 saturated heterocycles. The molecule has 4 aromatic rings. The van der Waals surface area contributed by atoms with E-state index in [2.05, 4.69) is 15.5 Å². The van der Waals surface area contributed by atoms with E-state index in [1.54, 1.807) is 48.5 Å². The summed E-state index contributed by atoms with van der Waals surface area (Å²) in [5.41, 5.74) is 2.65. The summed E-state index contributed by atoms with van der Waals surface area (Å²) in [6, 6.07) is 29.0. The molecule has 41 heavy (non-hydrogen) atoms. The number of esters is 2. The van der Waals surface area contributed by atoms with Crippen LogP contribution in [-0.2, 0) is 19.1 Å². The minimum Gasteiger partial charge on any atom is -0.478 e. The maximum Gasteiger partial charge on any atom is 0.349 e. The van der Waals surface area contributed by atoms with E-state index in [-0.39, 0.29) is 16.8 Å². The molecule has 0 spiro atoms. The van der Waals surface area contributed by atoms with Crippen molar-refractivity contribution < 1.29 is 33.8 Å². The van der Waals surface area contributed by atoms with E-state index in [1.165, 1.54) is 36.4 Å². The fraction of sp³-hybridized carbons (Fsp3) is 0.0968. The zero-order valence-corrected chi connectivity index (χ0v) is 21.8. The van der Waals surface area contributed by atoms with Crippen LogP contribution >= 0.6 is 0 Å². The topological polar surface area (TPSA) is 144 Å². The molecular formula is C31H25N3O7. The van der Waals surface area contributed by atoms with Crippen molar-refractivity contribution in [3.8, 4) is 0 Å². The lowest BCUT2D eigenvalue weighted by Crippen LogP contribution is -2.48. The van der Waals surface area contributed by atoms with Gasteiger partial charge in [0.1, 0.15) is 0 Å². The zero-order chi connectivity index (χ0) is 29.2. The third-order valence-corrected chi connectivity index (χ3v) is 5.71. The molecule has 0 bridgehead atoms. The number of nitrogens with one attached hydrogen (secondary N) is 1. The van der Waals surface area contributed by atoms with Crippen LogP contribution < -0.4 is 5.32 Å². The number of hydrogen-bond donors (Lipinski definition) is 2. The van der Waals surface area contributed by atoms with E-state index in [9.17, 15) is 24.3 Å². The summed E-state index contributed by atoms with van der Waals surface area (Å²) in [5, 5.41) is 20.7. The van der Waals surface area contributed by atoms with Gasteiger partial charge in [0.2, 0.25) is 12.2 Å². The predicted molar refractivity (Wildman–Crippen MR) is 149 cm³/mol. The highest BCUT2D eigenvalue weighted by Crippen LogP contribution is 2.22. The fourth-order valence-electron chi connectivity index (χ4n) is 3.56. The first-order valence-electron chi connectivity index (χ1n) is 12.4. The highest BCUT2D eigenvalue weighted by Gasteiger charge is 2.41. The van der Waals surface area contributed by atoms with Crippen molar-refractivity contribution in [2.24, 2.45) is 10.2 Å². The van der Waals surface area contributed by atoms with Crippen LogP contribution in [-0.4, -0.2) is 41.1 Å². The maximum absolute atomic E-state index is 13.3. The SMILES string of the molecule is Cc1ccc(N=Nc2ccc(NC(=O)[C@@H](OC(=O)c3ccccc3)[C@H](OC(=O)c3ccccc3)C(=O)O)cc2)cc1. The lowest BCUT2D eigenvalue weighted by atomic mass is 10.1. The maximum atomic E-state index is 13.3. The van der Waals surface area contributed by atoms with Gasteiger partial charge in [0.15, 0.2) is 0 Å². The van der Waals surface area contributed by atoms with E-state index in [4.69, 9.17) is 9.47 Å². The number of azo groups is 1. The van der Waals surface area contributed by atoms with Crippen molar-refractivity contribution in [1.82, 2.24) is 0 Å². The van der Waals surface area contributed by atoms with E-state index < -0.39 is 36.0 Å². The summed E-state index contributed by atoms with van der Waals surface area (Å²) in [6.45, 7) is 1.97. The zero-order valence-electron chi connectivity index (χ0n) is 21.8. The Morgan fingerprint density at radius 1 is 0.634 bits per heavy atom. The molecule has 206 valence electrons. The summed E-state index contributed by atoms with van der Waals surface area (Å²) in [5.74, 6) is -4.67. The molecule has 0 aliphatic carbocycles. The number of anilines is 1. The lowest BCUT2D eigenvalue weighted by Gasteiger charge is -2.23. The van der Waals surface area contributed by atoms with Crippen molar-refractivity contribution in [2.75, 3.05) is 5.32 Å². The van der Waals surface area contributed by atoms with Crippen LogP contribution in [0.5, 0.6) is 0 Å². The number of aryl methyl sites for hydroxylation is 1. The van der Waals surface area contributed by atoms with Gasteiger partial charge in [0.05, 0.1) is 22.5 Å². The van der Waals surface area contributed by atoms with Crippen molar-refractivity contribution in [2.45, 2.75) is 19.1 Å². The number of benzene rings is 4. The molecule has 10 heteroatoms. The van der Waals surface area contributed by atoms with Gasteiger partial charge in [-0.25, -0.2) is 14.4 Å². The standard InChI is InChI=1S/C31H25N3O7/c1-20-12-14-24(15-13-20)33-34-25-18-16-23(17-19-25)32-28(35)26(40-30(38)21-8-4-2-5-9-21)27(29(36)37)41-31(39)22-10-6-3-7-11-22/h2-19,26-27H,1H3,(H,32,35)(H,36,37)/t26-,27-/m0/s1. The minimum atomic E-state index is -2.14. The van der Waals surface area contributed by atoms with Crippen LogP contribution in [0, 0.1) is 6.92 Å². The van der Waals surface area contributed by atoms with Crippen molar-refractivity contribution in [1.29, 1.82) is 0 Å². The Morgan fingerprint density at radius 2 is 1.07 bits per heavy atom. The van der Waals surface area contributed by atoms with Crippen LogP contribution in [0.4, 0.5) is 17.1 Å². The van der Waals surface area contributed by atoms with Crippen LogP contribution in [0.15, 0.2) is 119 Å². The molecule has 0 fully saturated rings. The summed E-state index contributed by atoms with van der Waals surface area (Å²) in [7, 11) is 0. The van der Waals surface area contributed by atoms with Gasteiger partial charge >= 0.3 is 17.9 Å². The Balaban J connectivity index is 1.53. The molecule has 4 aromatic carbocycles. The first-order chi connectivity index (χ1) is 19.8. The third-order valence-electron chi connectivity index (χ3n) is 5.71. The molecule has 0 aliphatic rings.